The van der Waals surface area contributed by atoms with Crippen LogP contribution in [0.3, 0.4) is 0 Å². The Balaban J connectivity index is 1.92. The number of benzene rings is 3. The monoisotopic (exact) mass is 519 g/mol. The molecule has 0 spiro atoms. The molecule has 0 saturated carbocycles. The smallest absolute Gasteiger partial charge is 0.430 e. The summed E-state index contributed by atoms with van der Waals surface area (Å²) in [5, 5.41) is 12.3. The van der Waals surface area contributed by atoms with Gasteiger partial charge in [0, 0.05) is 4.92 Å². The van der Waals surface area contributed by atoms with Crippen molar-refractivity contribution < 1.29 is 28.8 Å². The molecule has 10 heteroatoms. The second-order valence-electron chi connectivity index (χ2n) is 8.87. The highest BCUT2D eigenvalue weighted by Crippen LogP contribution is 2.33. The molecule has 0 saturated heterocycles. The Hall–Kier alpha value is -4.73. The van der Waals surface area contributed by atoms with Crippen molar-refractivity contribution in [3.05, 3.63) is 117 Å². The Bertz CT molecular complexity index is 1240. The summed E-state index contributed by atoms with van der Waals surface area (Å²) in [7, 11) is 0. The first kappa shape index (κ1) is 27.9. The minimum Gasteiger partial charge on any atom is -0.443 e. The number of hydrogen-bond donors (Lipinski definition) is 1. The number of carbonyl (C=O) groups is 3. The fourth-order valence-corrected chi connectivity index (χ4v) is 3.86. The number of ether oxygens (including phenoxy) is 2. The molecule has 3 aromatic rings. The van der Waals surface area contributed by atoms with E-state index in [2.05, 4.69) is 5.43 Å². The van der Waals surface area contributed by atoms with Crippen LogP contribution in [-0.2, 0) is 27.5 Å². The van der Waals surface area contributed by atoms with Gasteiger partial charge in [0.25, 0.3) is 0 Å². The molecule has 2 amide bonds. The highest BCUT2D eigenvalue weighted by Gasteiger charge is 2.48. The average Bonchev–Trinajstić information content (AvgIpc) is 2.93. The first-order valence-electron chi connectivity index (χ1n) is 11.9. The van der Waals surface area contributed by atoms with E-state index in [0.29, 0.717) is 28.0 Å². The number of aldehydes is 1. The van der Waals surface area contributed by atoms with Gasteiger partial charge in [0.1, 0.15) is 25.0 Å². The summed E-state index contributed by atoms with van der Waals surface area (Å²) in [6, 6.07) is 24.4. The summed E-state index contributed by atoms with van der Waals surface area (Å²) in [5.74, 6) is -1.13. The van der Waals surface area contributed by atoms with Crippen molar-refractivity contribution in [3.8, 4) is 0 Å². The van der Waals surface area contributed by atoms with Gasteiger partial charge in [-0.05, 0) is 30.5 Å². The van der Waals surface area contributed by atoms with E-state index in [0.717, 1.165) is 5.56 Å². The lowest BCUT2D eigenvalue weighted by atomic mass is 9.80. The predicted octanol–water partition coefficient (Wildman–Crippen LogP) is 4.79. The Kier molecular flexibility index (Phi) is 9.53. The molecule has 0 bridgehead atoms. The van der Waals surface area contributed by atoms with Crippen LogP contribution in [0, 0.1) is 17.0 Å². The Labute approximate surface area is 220 Å². The molecule has 38 heavy (non-hydrogen) atoms. The van der Waals surface area contributed by atoms with E-state index in [-0.39, 0.29) is 13.2 Å². The quantitative estimate of drug-likeness (QED) is 0.232. The van der Waals surface area contributed by atoms with E-state index >= 15 is 0 Å². The highest BCUT2D eigenvalue weighted by molar-refractivity contribution is 5.80. The molecule has 0 aliphatic carbocycles. The van der Waals surface area contributed by atoms with Gasteiger partial charge >= 0.3 is 12.2 Å². The number of nitro groups is 1. The van der Waals surface area contributed by atoms with Crippen molar-refractivity contribution in [2.24, 2.45) is 0 Å². The van der Waals surface area contributed by atoms with Crippen molar-refractivity contribution in [1.29, 1.82) is 0 Å². The molecule has 0 aliphatic rings. The Morgan fingerprint density at radius 2 is 1.47 bits per heavy atom. The number of carbonyl (C=O) groups excluding carboxylic acids is 3. The Morgan fingerprint density at radius 1 is 0.947 bits per heavy atom. The van der Waals surface area contributed by atoms with Crippen LogP contribution in [-0.4, -0.2) is 40.5 Å². The lowest BCUT2D eigenvalue weighted by Crippen LogP contribution is -2.63. The SMILES string of the molecule is Cc1ccc([C@@H](C[N+](=O)[O-])[C@@](C)(C=O)N(NC(=O)OCc2ccccc2)C(=O)OCc2ccccc2)cc1. The van der Waals surface area contributed by atoms with Gasteiger partial charge in [-0.25, -0.2) is 20.0 Å². The summed E-state index contributed by atoms with van der Waals surface area (Å²) < 4.78 is 10.6. The molecule has 0 unspecified atom stereocenters. The van der Waals surface area contributed by atoms with Crippen LogP contribution >= 0.6 is 0 Å². The van der Waals surface area contributed by atoms with Crippen molar-refractivity contribution in [2.45, 2.75) is 38.5 Å². The number of amides is 2. The second kappa shape index (κ2) is 13.0. The van der Waals surface area contributed by atoms with E-state index in [1.54, 1.807) is 78.9 Å². The zero-order valence-corrected chi connectivity index (χ0v) is 21.1. The van der Waals surface area contributed by atoms with Crippen molar-refractivity contribution >= 4 is 18.5 Å². The number of hydrogen-bond acceptors (Lipinski definition) is 7. The molecule has 1 N–H and O–H groups in total. The van der Waals surface area contributed by atoms with Crippen LogP contribution in [0.25, 0.3) is 0 Å². The van der Waals surface area contributed by atoms with Gasteiger partial charge in [-0.2, -0.15) is 0 Å². The van der Waals surface area contributed by atoms with E-state index < -0.39 is 35.1 Å². The number of rotatable bonds is 10. The maximum absolute atomic E-state index is 13.3. The van der Waals surface area contributed by atoms with Crippen molar-refractivity contribution in [1.82, 2.24) is 10.4 Å². The van der Waals surface area contributed by atoms with Gasteiger partial charge in [-0.1, -0.05) is 90.5 Å². The van der Waals surface area contributed by atoms with Gasteiger partial charge < -0.3 is 14.3 Å². The highest BCUT2D eigenvalue weighted by atomic mass is 16.6. The molecule has 2 atom stereocenters. The second-order valence-corrected chi connectivity index (χ2v) is 8.87. The summed E-state index contributed by atoms with van der Waals surface area (Å²) in [6.07, 6.45) is -1.73. The van der Waals surface area contributed by atoms with Crippen LogP contribution in [0.2, 0.25) is 0 Å². The summed E-state index contributed by atoms with van der Waals surface area (Å²) in [6.45, 7) is 2.23. The average molecular weight is 520 g/mol. The maximum Gasteiger partial charge on any atom is 0.430 e. The minimum absolute atomic E-state index is 0.104. The number of nitrogens with one attached hydrogen (secondary N) is 1. The molecule has 3 rings (SSSR count). The molecule has 10 nitrogen and oxygen atoms in total. The van der Waals surface area contributed by atoms with Crippen molar-refractivity contribution in [3.63, 3.8) is 0 Å². The van der Waals surface area contributed by atoms with Crippen LogP contribution in [0.15, 0.2) is 84.9 Å². The van der Waals surface area contributed by atoms with Crippen LogP contribution in [0.4, 0.5) is 9.59 Å². The molecule has 0 aliphatic heterocycles. The molecular formula is C28H29N3O7. The molecule has 198 valence electrons. The van der Waals surface area contributed by atoms with Crippen molar-refractivity contribution in [2.75, 3.05) is 6.54 Å². The third-order valence-electron chi connectivity index (χ3n) is 6.04. The topological polar surface area (TPSA) is 128 Å². The molecule has 3 aromatic carbocycles. The van der Waals surface area contributed by atoms with E-state index in [1.807, 2.05) is 13.0 Å². The van der Waals surface area contributed by atoms with Gasteiger partial charge in [0.15, 0.2) is 0 Å². The zero-order valence-electron chi connectivity index (χ0n) is 21.1. The Morgan fingerprint density at radius 3 is 1.97 bits per heavy atom. The number of nitrogens with zero attached hydrogens (tertiary/aromatic N) is 2. The molecule has 0 heterocycles. The molecular weight excluding hydrogens is 490 g/mol. The molecule has 0 radical (unpaired) electrons. The van der Waals surface area contributed by atoms with Gasteiger partial charge in [0.05, 0.1) is 5.92 Å². The lowest BCUT2D eigenvalue weighted by Gasteiger charge is -2.39. The predicted molar refractivity (Wildman–Crippen MR) is 138 cm³/mol. The van der Waals surface area contributed by atoms with E-state index in [4.69, 9.17) is 9.47 Å². The summed E-state index contributed by atoms with van der Waals surface area (Å²) in [5.41, 5.74) is 3.08. The fourth-order valence-electron chi connectivity index (χ4n) is 3.86. The zero-order chi connectivity index (χ0) is 27.5. The van der Waals surface area contributed by atoms with E-state index in [1.165, 1.54) is 6.92 Å². The largest absolute Gasteiger partial charge is 0.443 e. The first-order chi connectivity index (χ1) is 18.2. The normalized spacial score (nSPS) is 12.9. The van der Waals surface area contributed by atoms with Gasteiger partial charge in [0.2, 0.25) is 6.54 Å². The van der Waals surface area contributed by atoms with Crippen LogP contribution in [0.5, 0.6) is 0 Å². The fraction of sp³-hybridized carbons (Fsp3) is 0.250. The third-order valence-corrected chi connectivity index (χ3v) is 6.04. The molecule has 0 fully saturated rings. The minimum atomic E-state index is -1.91. The maximum atomic E-state index is 13.3. The first-order valence-corrected chi connectivity index (χ1v) is 11.9. The number of hydrazine groups is 1. The summed E-state index contributed by atoms with van der Waals surface area (Å²) >= 11 is 0. The van der Waals surface area contributed by atoms with Crippen LogP contribution in [0.1, 0.15) is 35.1 Å². The van der Waals surface area contributed by atoms with Gasteiger partial charge in [-0.3, -0.25) is 10.1 Å². The van der Waals surface area contributed by atoms with E-state index in [9.17, 15) is 24.5 Å². The third kappa shape index (κ3) is 7.39. The molecule has 0 aromatic heterocycles. The number of aryl methyl sites for hydroxylation is 1. The standard InChI is InChI=1S/C28H29N3O7/c1-21-13-15-24(16-14-21)25(17-30(35)36)28(2,20-32)31(27(34)38-19-23-11-7-4-8-12-23)29-26(33)37-18-22-9-5-3-6-10-22/h3-16,20,25H,17-19H2,1-2H3,(H,29,33)/t25-,28-/m1/s1. The summed E-state index contributed by atoms with van der Waals surface area (Å²) in [4.78, 5) is 49.7. The van der Waals surface area contributed by atoms with Crippen LogP contribution < -0.4 is 5.43 Å². The lowest BCUT2D eigenvalue weighted by molar-refractivity contribution is -0.485. The van der Waals surface area contributed by atoms with Gasteiger partial charge in [-0.15, -0.1) is 0 Å².